The van der Waals surface area contributed by atoms with Crippen molar-refractivity contribution in [1.82, 2.24) is 9.88 Å². The number of thiazole rings is 1. The molecule has 6 heteroatoms. The van der Waals surface area contributed by atoms with Gasteiger partial charge in [0.25, 0.3) is 0 Å². The zero-order chi connectivity index (χ0) is 10.6. The third-order valence-electron chi connectivity index (χ3n) is 1.74. The fourth-order valence-electron chi connectivity index (χ4n) is 1.07. The number of carboxylic acids is 1. The summed E-state index contributed by atoms with van der Waals surface area (Å²) in [5.74, 6) is -0.977. The fourth-order valence-corrected chi connectivity index (χ4v) is 1.62. The highest BCUT2D eigenvalue weighted by molar-refractivity contribution is 7.07. The van der Waals surface area contributed by atoms with Gasteiger partial charge in [-0.25, -0.2) is 4.98 Å². The molecule has 0 saturated carbocycles. The minimum Gasteiger partial charge on any atom is -0.480 e. The van der Waals surface area contributed by atoms with E-state index in [1.54, 1.807) is 5.51 Å². The molecule has 1 atom stereocenters. The van der Waals surface area contributed by atoms with Gasteiger partial charge in [0.1, 0.15) is 6.04 Å². The standard InChI is InChI=1S/C8H13N3O2S/c1-11(3-7(9)8(12)13)2-6-4-14-5-10-6/h4-5,7H,2-3,9H2,1H3,(H,12,13). The first-order chi connectivity index (χ1) is 6.59. The van der Waals surface area contributed by atoms with Crippen LogP contribution in [0.15, 0.2) is 10.9 Å². The Labute approximate surface area is 86.2 Å². The third kappa shape index (κ3) is 3.41. The normalized spacial score (nSPS) is 13.1. The zero-order valence-corrected chi connectivity index (χ0v) is 8.70. The lowest BCUT2D eigenvalue weighted by atomic mass is 10.3. The molecule has 0 aliphatic rings. The molecule has 0 aromatic carbocycles. The predicted octanol–water partition coefficient (Wildman–Crippen LogP) is -0.0132. The Balaban J connectivity index is 2.36. The highest BCUT2D eigenvalue weighted by atomic mass is 32.1. The molecule has 0 bridgehead atoms. The molecule has 0 amide bonds. The summed E-state index contributed by atoms with van der Waals surface area (Å²) in [5, 5.41) is 10.5. The van der Waals surface area contributed by atoms with Gasteiger partial charge in [0.15, 0.2) is 0 Å². The van der Waals surface area contributed by atoms with Crippen molar-refractivity contribution in [3.05, 3.63) is 16.6 Å². The molecular weight excluding hydrogens is 202 g/mol. The van der Waals surface area contributed by atoms with Gasteiger partial charge in [0.2, 0.25) is 0 Å². The molecular formula is C8H13N3O2S. The van der Waals surface area contributed by atoms with E-state index in [4.69, 9.17) is 10.8 Å². The summed E-state index contributed by atoms with van der Waals surface area (Å²) < 4.78 is 0. The lowest BCUT2D eigenvalue weighted by Gasteiger charge is -2.17. The van der Waals surface area contributed by atoms with Crippen molar-refractivity contribution in [2.24, 2.45) is 5.73 Å². The predicted molar refractivity (Wildman–Crippen MR) is 54.1 cm³/mol. The van der Waals surface area contributed by atoms with Crippen molar-refractivity contribution < 1.29 is 9.90 Å². The van der Waals surface area contributed by atoms with Crippen molar-refractivity contribution >= 4 is 17.3 Å². The van der Waals surface area contributed by atoms with Crippen LogP contribution in [0.2, 0.25) is 0 Å². The highest BCUT2D eigenvalue weighted by Gasteiger charge is 2.14. The SMILES string of the molecule is CN(Cc1cscn1)CC(N)C(=O)O. The molecule has 1 aromatic heterocycles. The molecule has 1 rings (SSSR count). The van der Waals surface area contributed by atoms with E-state index < -0.39 is 12.0 Å². The number of nitrogens with two attached hydrogens (primary N) is 1. The van der Waals surface area contributed by atoms with Crippen molar-refractivity contribution in [1.29, 1.82) is 0 Å². The first-order valence-corrected chi connectivity index (χ1v) is 5.08. The van der Waals surface area contributed by atoms with Crippen LogP contribution in [0, 0.1) is 0 Å². The van der Waals surface area contributed by atoms with Gasteiger partial charge < -0.3 is 10.8 Å². The Morgan fingerprint density at radius 3 is 3.07 bits per heavy atom. The van der Waals surface area contributed by atoms with Gasteiger partial charge in [-0.05, 0) is 7.05 Å². The van der Waals surface area contributed by atoms with E-state index in [1.807, 2.05) is 17.3 Å². The number of likely N-dealkylation sites (N-methyl/N-ethyl adjacent to an activating group) is 1. The average Bonchev–Trinajstić information content (AvgIpc) is 2.56. The number of nitrogens with zero attached hydrogens (tertiary/aromatic N) is 2. The highest BCUT2D eigenvalue weighted by Crippen LogP contribution is 2.03. The zero-order valence-electron chi connectivity index (χ0n) is 7.88. The first-order valence-electron chi connectivity index (χ1n) is 4.13. The second-order valence-corrected chi connectivity index (χ2v) is 3.84. The molecule has 0 saturated heterocycles. The van der Waals surface area contributed by atoms with Gasteiger partial charge in [-0.1, -0.05) is 0 Å². The number of aromatic nitrogens is 1. The van der Waals surface area contributed by atoms with Crippen LogP contribution < -0.4 is 5.73 Å². The molecule has 1 aromatic rings. The minimum absolute atomic E-state index is 0.326. The summed E-state index contributed by atoms with van der Waals surface area (Å²) in [4.78, 5) is 16.4. The minimum atomic E-state index is -0.977. The van der Waals surface area contributed by atoms with E-state index in [-0.39, 0.29) is 0 Å². The fraction of sp³-hybridized carbons (Fsp3) is 0.500. The second-order valence-electron chi connectivity index (χ2n) is 3.12. The summed E-state index contributed by atoms with van der Waals surface area (Å²) in [7, 11) is 1.82. The number of aliphatic carboxylic acids is 1. The van der Waals surface area contributed by atoms with Crippen LogP contribution in [0.3, 0.4) is 0 Å². The summed E-state index contributed by atoms with van der Waals surface area (Å²) in [6, 6.07) is -0.835. The maximum absolute atomic E-state index is 10.5. The molecule has 0 spiro atoms. The summed E-state index contributed by atoms with van der Waals surface area (Å²) in [6.45, 7) is 0.956. The summed E-state index contributed by atoms with van der Waals surface area (Å²) in [6.07, 6.45) is 0. The lowest BCUT2D eigenvalue weighted by molar-refractivity contribution is -0.138. The van der Waals surface area contributed by atoms with Crippen molar-refractivity contribution in [2.75, 3.05) is 13.6 Å². The van der Waals surface area contributed by atoms with Crippen LogP contribution in [-0.2, 0) is 11.3 Å². The van der Waals surface area contributed by atoms with E-state index in [1.165, 1.54) is 11.3 Å². The molecule has 3 N–H and O–H groups in total. The van der Waals surface area contributed by atoms with Gasteiger partial charge in [0, 0.05) is 18.5 Å². The van der Waals surface area contributed by atoms with Crippen LogP contribution in [0.1, 0.15) is 5.69 Å². The maximum Gasteiger partial charge on any atom is 0.321 e. The van der Waals surface area contributed by atoms with E-state index >= 15 is 0 Å². The Bertz CT molecular complexity index is 289. The Morgan fingerprint density at radius 1 is 1.86 bits per heavy atom. The quantitative estimate of drug-likeness (QED) is 0.722. The third-order valence-corrected chi connectivity index (χ3v) is 2.38. The number of carboxylic acid groups (broad SMARTS) is 1. The van der Waals surface area contributed by atoms with E-state index in [9.17, 15) is 4.79 Å². The Morgan fingerprint density at radius 2 is 2.57 bits per heavy atom. The van der Waals surface area contributed by atoms with Gasteiger partial charge >= 0.3 is 5.97 Å². The van der Waals surface area contributed by atoms with Crippen LogP contribution >= 0.6 is 11.3 Å². The molecule has 0 aliphatic carbocycles. The van der Waals surface area contributed by atoms with Crippen molar-refractivity contribution in [3.63, 3.8) is 0 Å². The average molecular weight is 215 g/mol. The summed E-state index contributed by atoms with van der Waals surface area (Å²) in [5.41, 5.74) is 8.08. The Kier molecular flexibility index (Phi) is 3.99. The van der Waals surface area contributed by atoms with Crippen LogP contribution in [0.4, 0.5) is 0 Å². The van der Waals surface area contributed by atoms with Gasteiger partial charge in [-0.2, -0.15) is 0 Å². The molecule has 0 fully saturated rings. The van der Waals surface area contributed by atoms with Crippen LogP contribution in [-0.4, -0.2) is 40.6 Å². The second kappa shape index (κ2) is 5.04. The van der Waals surface area contributed by atoms with Crippen LogP contribution in [0.25, 0.3) is 0 Å². The number of hydrogen-bond acceptors (Lipinski definition) is 5. The molecule has 0 aliphatic heterocycles. The number of hydrogen-bond donors (Lipinski definition) is 2. The Hall–Kier alpha value is -0.980. The molecule has 0 radical (unpaired) electrons. The molecule has 1 unspecified atom stereocenters. The monoisotopic (exact) mass is 215 g/mol. The van der Waals surface area contributed by atoms with E-state index in [2.05, 4.69) is 4.98 Å². The van der Waals surface area contributed by atoms with Gasteiger partial charge in [-0.15, -0.1) is 11.3 Å². The molecule has 14 heavy (non-hydrogen) atoms. The van der Waals surface area contributed by atoms with Crippen molar-refractivity contribution in [2.45, 2.75) is 12.6 Å². The first kappa shape index (κ1) is 11.1. The van der Waals surface area contributed by atoms with Crippen LogP contribution in [0.5, 0.6) is 0 Å². The van der Waals surface area contributed by atoms with Gasteiger partial charge in [-0.3, -0.25) is 9.69 Å². The maximum atomic E-state index is 10.5. The molecule has 5 nitrogen and oxygen atoms in total. The number of rotatable bonds is 5. The number of carbonyl (C=O) groups is 1. The van der Waals surface area contributed by atoms with Crippen molar-refractivity contribution in [3.8, 4) is 0 Å². The summed E-state index contributed by atoms with van der Waals surface area (Å²) >= 11 is 1.52. The topological polar surface area (TPSA) is 79.5 Å². The van der Waals surface area contributed by atoms with E-state index in [0.29, 0.717) is 13.1 Å². The molecule has 1 heterocycles. The lowest BCUT2D eigenvalue weighted by Crippen LogP contribution is -2.40. The molecule has 78 valence electrons. The van der Waals surface area contributed by atoms with Gasteiger partial charge in [0.05, 0.1) is 11.2 Å². The largest absolute Gasteiger partial charge is 0.480 e. The smallest absolute Gasteiger partial charge is 0.321 e. The van der Waals surface area contributed by atoms with E-state index in [0.717, 1.165) is 5.69 Å².